The highest BCUT2D eigenvalue weighted by Crippen LogP contribution is 2.18. The van der Waals surface area contributed by atoms with Gasteiger partial charge in [-0.15, -0.1) is 0 Å². The van der Waals surface area contributed by atoms with Crippen LogP contribution < -0.4 is 10.6 Å². The van der Waals surface area contributed by atoms with Crippen LogP contribution in [-0.4, -0.2) is 73.5 Å². The molecule has 0 aromatic rings. The molecule has 2 saturated heterocycles. The fourth-order valence-corrected chi connectivity index (χ4v) is 3.25. The molecule has 2 aliphatic rings. The van der Waals surface area contributed by atoms with Crippen molar-refractivity contribution in [3.8, 4) is 0 Å². The smallest absolute Gasteiger partial charge is 0.223 e. The zero-order chi connectivity index (χ0) is 17.5. The molecule has 2 N–H and O–H groups in total. The molecule has 1 unspecified atom stereocenters. The molecule has 1 atom stereocenters. The Hall–Kier alpha value is -1.14. The summed E-state index contributed by atoms with van der Waals surface area (Å²) in [5, 5.41) is 6.40. The Morgan fingerprint density at radius 2 is 1.71 bits per heavy atom. The molecule has 0 aliphatic carbocycles. The zero-order valence-electron chi connectivity index (χ0n) is 15.5. The van der Waals surface area contributed by atoms with E-state index in [4.69, 9.17) is 0 Å². The van der Waals surface area contributed by atoms with Crippen LogP contribution >= 0.6 is 0 Å². The number of carbonyl (C=O) groups excluding carboxylic acids is 2. The number of hydrogen-bond acceptors (Lipinski definition) is 4. The first-order valence-corrected chi connectivity index (χ1v) is 9.48. The summed E-state index contributed by atoms with van der Waals surface area (Å²) in [4.78, 5) is 28.8. The van der Waals surface area contributed by atoms with Crippen molar-refractivity contribution in [1.29, 1.82) is 0 Å². The number of piperazine rings is 1. The maximum atomic E-state index is 12.3. The average Bonchev–Trinajstić information content (AvgIpc) is 2.60. The summed E-state index contributed by atoms with van der Waals surface area (Å²) in [6.45, 7) is 12.4. The van der Waals surface area contributed by atoms with Crippen LogP contribution in [0, 0.1) is 11.8 Å². The van der Waals surface area contributed by atoms with Gasteiger partial charge in [-0.3, -0.25) is 9.59 Å². The Bertz CT molecular complexity index is 413. The standard InChI is InChI=1S/C18H34N4O2/c1-14(2)15(3)20-18(24)16-4-9-21(10-5-16)11-6-17(23)22-12-7-19-8-13-22/h14-16,19H,4-13H2,1-3H3,(H,20,24). The van der Waals surface area contributed by atoms with Crippen molar-refractivity contribution in [1.82, 2.24) is 20.4 Å². The van der Waals surface area contributed by atoms with Crippen molar-refractivity contribution in [2.24, 2.45) is 11.8 Å². The highest BCUT2D eigenvalue weighted by atomic mass is 16.2. The molecule has 2 aliphatic heterocycles. The van der Waals surface area contributed by atoms with Crippen molar-refractivity contribution >= 4 is 11.8 Å². The van der Waals surface area contributed by atoms with E-state index < -0.39 is 0 Å². The monoisotopic (exact) mass is 338 g/mol. The van der Waals surface area contributed by atoms with Crippen LogP contribution in [0.4, 0.5) is 0 Å². The van der Waals surface area contributed by atoms with Gasteiger partial charge in [0.25, 0.3) is 0 Å². The van der Waals surface area contributed by atoms with E-state index in [2.05, 4.69) is 36.3 Å². The van der Waals surface area contributed by atoms with Crippen LogP contribution in [0.3, 0.4) is 0 Å². The minimum absolute atomic E-state index is 0.131. The lowest BCUT2D eigenvalue weighted by Gasteiger charge is -2.33. The van der Waals surface area contributed by atoms with Crippen LogP contribution in [0.25, 0.3) is 0 Å². The maximum Gasteiger partial charge on any atom is 0.223 e. The fourth-order valence-electron chi connectivity index (χ4n) is 3.25. The molecular formula is C18H34N4O2. The van der Waals surface area contributed by atoms with E-state index in [1.807, 2.05) is 4.90 Å². The van der Waals surface area contributed by atoms with Gasteiger partial charge >= 0.3 is 0 Å². The van der Waals surface area contributed by atoms with Crippen LogP contribution in [0.5, 0.6) is 0 Å². The topological polar surface area (TPSA) is 64.7 Å². The summed E-state index contributed by atoms with van der Waals surface area (Å²) in [5.41, 5.74) is 0. The van der Waals surface area contributed by atoms with Crippen LogP contribution in [0.1, 0.15) is 40.0 Å². The fraction of sp³-hybridized carbons (Fsp3) is 0.889. The second kappa shape index (κ2) is 9.37. The van der Waals surface area contributed by atoms with Crippen molar-refractivity contribution in [3.63, 3.8) is 0 Å². The highest BCUT2D eigenvalue weighted by Gasteiger charge is 2.26. The Morgan fingerprint density at radius 1 is 1.08 bits per heavy atom. The normalized spacial score (nSPS) is 21.8. The Labute approximate surface area is 146 Å². The number of nitrogens with zero attached hydrogens (tertiary/aromatic N) is 2. The summed E-state index contributed by atoms with van der Waals surface area (Å²) >= 11 is 0. The van der Waals surface area contributed by atoms with Gasteiger partial charge in [-0.1, -0.05) is 13.8 Å². The number of amides is 2. The molecular weight excluding hydrogens is 304 g/mol. The number of nitrogens with one attached hydrogen (secondary N) is 2. The lowest BCUT2D eigenvalue weighted by Crippen LogP contribution is -2.48. The van der Waals surface area contributed by atoms with Gasteiger partial charge in [0.05, 0.1) is 0 Å². The summed E-state index contributed by atoms with van der Waals surface area (Å²) in [6.07, 6.45) is 2.40. The number of piperidine rings is 1. The van der Waals surface area contributed by atoms with E-state index in [-0.39, 0.29) is 23.8 Å². The first-order valence-electron chi connectivity index (χ1n) is 9.48. The van der Waals surface area contributed by atoms with E-state index in [9.17, 15) is 9.59 Å². The molecule has 0 saturated carbocycles. The Balaban J connectivity index is 1.65. The Kier molecular flexibility index (Phi) is 7.49. The number of rotatable bonds is 6. The van der Waals surface area contributed by atoms with Gasteiger partial charge in [-0.2, -0.15) is 0 Å². The van der Waals surface area contributed by atoms with Gasteiger partial charge < -0.3 is 20.4 Å². The lowest BCUT2D eigenvalue weighted by atomic mass is 9.94. The number of likely N-dealkylation sites (tertiary alicyclic amines) is 1. The summed E-state index contributed by atoms with van der Waals surface area (Å²) in [7, 11) is 0. The van der Waals surface area contributed by atoms with E-state index in [0.717, 1.165) is 58.7 Å². The van der Waals surface area contributed by atoms with Gasteiger partial charge in [0.1, 0.15) is 0 Å². The molecule has 0 radical (unpaired) electrons. The largest absolute Gasteiger partial charge is 0.353 e. The molecule has 138 valence electrons. The molecule has 2 rings (SSSR count). The predicted molar refractivity (Wildman–Crippen MR) is 95.7 cm³/mol. The van der Waals surface area contributed by atoms with Crippen LogP contribution in [-0.2, 0) is 9.59 Å². The molecule has 2 fully saturated rings. The van der Waals surface area contributed by atoms with Crippen molar-refractivity contribution < 1.29 is 9.59 Å². The van der Waals surface area contributed by atoms with E-state index in [1.54, 1.807) is 0 Å². The summed E-state index contributed by atoms with van der Waals surface area (Å²) in [6, 6.07) is 0.229. The molecule has 2 amide bonds. The van der Waals surface area contributed by atoms with Gasteiger partial charge in [-0.25, -0.2) is 0 Å². The molecule has 0 aromatic heterocycles. The first-order chi connectivity index (χ1) is 11.5. The minimum Gasteiger partial charge on any atom is -0.353 e. The summed E-state index contributed by atoms with van der Waals surface area (Å²) in [5.74, 6) is 1.06. The van der Waals surface area contributed by atoms with E-state index in [1.165, 1.54) is 0 Å². The number of hydrogen-bond donors (Lipinski definition) is 2. The van der Waals surface area contributed by atoms with Gasteiger partial charge in [0, 0.05) is 51.1 Å². The predicted octanol–water partition coefficient (Wildman–Crippen LogP) is 0.681. The summed E-state index contributed by atoms with van der Waals surface area (Å²) < 4.78 is 0. The molecule has 0 bridgehead atoms. The SMILES string of the molecule is CC(C)C(C)NC(=O)C1CCN(CCC(=O)N2CCNCC2)CC1. The van der Waals surface area contributed by atoms with Crippen molar-refractivity contribution in [2.45, 2.75) is 46.1 Å². The average molecular weight is 338 g/mol. The second-order valence-electron chi connectivity index (χ2n) is 7.54. The highest BCUT2D eigenvalue weighted by molar-refractivity contribution is 5.79. The van der Waals surface area contributed by atoms with Gasteiger partial charge in [0.15, 0.2) is 0 Å². The molecule has 24 heavy (non-hydrogen) atoms. The van der Waals surface area contributed by atoms with Gasteiger partial charge in [0.2, 0.25) is 11.8 Å². The number of carbonyl (C=O) groups is 2. The van der Waals surface area contributed by atoms with Crippen molar-refractivity contribution in [3.05, 3.63) is 0 Å². The molecule has 0 spiro atoms. The van der Waals surface area contributed by atoms with Crippen molar-refractivity contribution in [2.75, 3.05) is 45.8 Å². The third-order valence-corrected chi connectivity index (χ3v) is 5.44. The second-order valence-corrected chi connectivity index (χ2v) is 7.54. The molecule has 6 heteroatoms. The van der Waals surface area contributed by atoms with E-state index in [0.29, 0.717) is 12.3 Å². The quantitative estimate of drug-likeness (QED) is 0.748. The van der Waals surface area contributed by atoms with Crippen LogP contribution in [0.15, 0.2) is 0 Å². The van der Waals surface area contributed by atoms with Gasteiger partial charge in [-0.05, 0) is 38.8 Å². The lowest BCUT2D eigenvalue weighted by molar-refractivity contribution is -0.132. The molecule has 0 aromatic carbocycles. The third kappa shape index (κ3) is 5.74. The van der Waals surface area contributed by atoms with Crippen LogP contribution in [0.2, 0.25) is 0 Å². The first kappa shape index (κ1) is 19.2. The molecule has 6 nitrogen and oxygen atoms in total. The third-order valence-electron chi connectivity index (χ3n) is 5.44. The zero-order valence-corrected chi connectivity index (χ0v) is 15.5. The molecule has 2 heterocycles. The Morgan fingerprint density at radius 3 is 2.29 bits per heavy atom. The maximum absolute atomic E-state index is 12.3. The van der Waals surface area contributed by atoms with E-state index >= 15 is 0 Å². The minimum atomic E-state index is 0.131.